The van der Waals surface area contributed by atoms with E-state index in [1.165, 1.54) is 6.08 Å². The Balaban J connectivity index is 1.18. The number of nitrogens with one attached hydrogen (secondary N) is 1. The number of amides is 1. The molecular formula is C27H30N6O3. The predicted molar refractivity (Wildman–Crippen MR) is 138 cm³/mol. The number of rotatable bonds is 7. The fourth-order valence-corrected chi connectivity index (χ4v) is 4.55. The molecule has 0 spiro atoms. The molecule has 4 heterocycles. The van der Waals surface area contributed by atoms with Crippen LogP contribution in [0.15, 0.2) is 54.7 Å². The topological polar surface area (TPSA) is 118 Å². The number of hydrogen-bond acceptors (Lipinski definition) is 8. The second-order valence-corrected chi connectivity index (χ2v) is 9.04. The van der Waals surface area contributed by atoms with Gasteiger partial charge in [0.05, 0.1) is 11.2 Å². The van der Waals surface area contributed by atoms with E-state index < -0.39 is 0 Å². The molecule has 5 rings (SSSR count). The van der Waals surface area contributed by atoms with Crippen LogP contribution in [0.5, 0.6) is 11.6 Å². The Morgan fingerprint density at radius 2 is 2.03 bits per heavy atom. The Labute approximate surface area is 210 Å². The molecule has 0 saturated carbocycles. The first-order valence-electron chi connectivity index (χ1n) is 12.2. The predicted octanol–water partition coefficient (Wildman–Crippen LogP) is 3.19. The highest BCUT2D eigenvalue weighted by molar-refractivity contribution is 5.82. The first-order chi connectivity index (χ1) is 17.6. The molecule has 3 aromatic rings. The van der Waals surface area contributed by atoms with Gasteiger partial charge in [0.2, 0.25) is 5.88 Å². The van der Waals surface area contributed by atoms with Crippen molar-refractivity contribution in [2.24, 2.45) is 5.73 Å². The van der Waals surface area contributed by atoms with E-state index in [4.69, 9.17) is 25.6 Å². The normalized spacial score (nSPS) is 18.9. The summed E-state index contributed by atoms with van der Waals surface area (Å²) in [4.78, 5) is 26.0. The number of carbonyl (C=O) groups excluding carboxylic acids is 1. The van der Waals surface area contributed by atoms with Crippen molar-refractivity contribution < 1.29 is 14.3 Å². The smallest absolute Gasteiger partial charge is 0.251 e. The number of hydrogen-bond donors (Lipinski definition) is 2. The van der Waals surface area contributed by atoms with E-state index in [0.29, 0.717) is 23.9 Å². The number of nitrogens with zero attached hydrogens (tertiary/aromatic N) is 4. The fourth-order valence-electron chi connectivity index (χ4n) is 4.55. The van der Waals surface area contributed by atoms with Crippen LogP contribution in [0.4, 0.5) is 0 Å². The largest absolute Gasteiger partial charge is 0.439 e. The third kappa shape index (κ3) is 5.53. The maximum atomic E-state index is 12.6. The van der Waals surface area contributed by atoms with E-state index in [-0.39, 0.29) is 12.0 Å². The van der Waals surface area contributed by atoms with Gasteiger partial charge in [-0.3, -0.25) is 14.7 Å². The lowest BCUT2D eigenvalue weighted by atomic mass is 10.1. The van der Waals surface area contributed by atoms with Crippen LogP contribution in [0.2, 0.25) is 0 Å². The van der Waals surface area contributed by atoms with Crippen molar-refractivity contribution >= 4 is 28.7 Å². The lowest BCUT2D eigenvalue weighted by Crippen LogP contribution is -2.51. The number of allylic oxidation sites excluding steroid dienone is 1. The molecule has 9 nitrogen and oxygen atoms in total. The molecule has 0 unspecified atom stereocenters. The highest BCUT2D eigenvalue weighted by Gasteiger charge is 2.30. The second-order valence-electron chi connectivity index (χ2n) is 9.04. The molecule has 186 valence electrons. The zero-order valence-electron chi connectivity index (χ0n) is 20.1. The van der Waals surface area contributed by atoms with Crippen LogP contribution in [0, 0.1) is 5.41 Å². The minimum Gasteiger partial charge on any atom is -0.439 e. The molecule has 1 atom stereocenters. The number of nitrogens with two attached hydrogens (primary N) is 1. The molecule has 3 N–H and O–H groups in total. The molecule has 9 heteroatoms. The minimum absolute atomic E-state index is 0.143. The van der Waals surface area contributed by atoms with Gasteiger partial charge in [-0.05, 0) is 49.2 Å². The monoisotopic (exact) mass is 486 g/mol. The van der Waals surface area contributed by atoms with Crippen LogP contribution >= 0.6 is 0 Å². The van der Waals surface area contributed by atoms with Gasteiger partial charge < -0.3 is 25.5 Å². The molecule has 2 aliphatic rings. The van der Waals surface area contributed by atoms with E-state index in [1.54, 1.807) is 12.3 Å². The van der Waals surface area contributed by atoms with Crippen LogP contribution in [-0.4, -0.2) is 70.8 Å². The summed E-state index contributed by atoms with van der Waals surface area (Å²) in [6.45, 7) is 4.57. The lowest BCUT2D eigenvalue weighted by molar-refractivity contribution is -0.142. The van der Waals surface area contributed by atoms with Crippen LogP contribution in [-0.2, 0) is 16.1 Å². The SMILES string of the molecule is N=C/C=C(\N)c1ccc(Oc2ccc3nc(CN4CCN(C(=O)[C@H]5CCCO5)CC4)ccc3c2)nc1. The maximum Gasteiger partial charge on any atom is 0.251 e. The quantitative estimate of drug-likeness (QED) is 0.493. The van der Waals surface area contributed by atoms with Crippen molar-refractivity contribution in [2.45, 2.75) is 25.5 Å². The highest BCUT2D eigenvalue weighted by atomic mass is 16.5. The summed E-state index contributed by atoms with van der Waals surface area (Å²) in [5.41, 5.74) is 9.00. The summed E-state index contributed by atoms with van der Waals surface area (Å²) >= 11 is 0. The average Bonchev–Trinajstić information content (AvgIpc) is 3.45. The molecule has 2 fully saturated rings. The first kappa shape index (κ1) is 23.9. The van der Waals surface area contributed by atoms with Crippen LogP contribution in [0.1, 0.15) is 24.1 Å². The molecule has 0 aliphatic carbocycles. The number of aromatic nitrogens is 2. The number of carbonyl (C=O) groups is 1. The summed E-state index contributed by atoms with van der Waals surface area (Å²) in [5, 5.41) is 8.10. The Morgan fingerprint density at radius 3 is 2.75 bits per heavy atom. The van der Waals surface area contributed by atoms with Gasteiger partial charge in [-0.1, -0.05) is 6.07 Å². The summed E-state index contributed by atoms with van der Waals surface area (Å²) < 4.78 is 11.5. The van der Waals surface area contributed by atoms with Crippen molar-refractivity contribution in [3.05, 3.63) is 66.0 Å². The molecule has 2 saturated heterocycles. The third-order valence-corrected chi connectivity index (χ3v) is 6.55. The van der Waals surface area contributed by atoms with Gasteiger partial charge in [-0.15, -0.1) is 0 Å². The Hall–Kier alpha value is -3.82. The van der Waals surface area contributed by atoms with E-state index in [0.717, 1.165) is 73.9 Å². The van der Waals surface area contributed by atoms with Gasteiger partial charge in [-0.25, -0.2) is 4.98 Å². The Bertz CT molecular complexity index is 1260. The molecular weight excluding hydrogens is 456 g/mol. The van der Waals surface area contributed by atoms with Crippen molar-refractivity contribution in [1.29, 1.82) is 5.41 Å². The standard InChI is InChI=1S/C27H30N6O3/c28-10-9-23(29)20-4-8-26(30-17-20)36-22-6-7-24-19(16-22)3-5-21(31-24)18-32-11-13-33(14-12-32)27(34)25-2-1-15-35-25/h3-10,16-17,25,28H,1-2,11-15,18,29H2/b23-9-,28-10?/t25-/m1/s1. The summed E-state index contributed by atoms with van der Waals surface area (Å²) in [5.74, 6) is 1.28. The Morgan fingerprint density at radius 1 is 1.17 bits per heavy atom. The number of benzene rings is 1. The van der Waals surface area contributed by atoms with Crippen molar-refractivity contribution in [3.63, 3.8) is 0 Å². The second kappa shape index (κ2) is 10.8. The van der Waals surface area contributed by atoms with Crippen LogP contribution in [0.3, 0.4) is 0 Å². The molecule has 1 amide bonds. The number of fused-ring (bicyclic) bond motifs is 1. The summed E-state index contributed by atoms with van der Waals surface area (Å²) in [6, 6.07) is 13.4. The van der Waals surface area contributed by atoms with E-state index in [1.807, 2.05) is 35.2 Å². The van der Waals surface area contributed by atoms with Crippen molar-refractivity contribution in [3.8, 4) is 11.6 Å². The highest BCUT2D eigenvalue weighted by Crippen LogP contribution is 2.25. The number of ether oxygens (including phenoxy) is 2. The van der Waals surface area contributed by atoms with Gasteiger partial charge in [0.1, 0.15) is 11.9 Å². The third-order valence-electron chi connectivity index (χ3n) is 6.55. The van der Waals surface area contributed by atoms with Gasteiger partial charge in [0.25, 0.3) is 5.91 Å². The van der Waals surface area contributed by atoms with E-state index >= 15 is 0 Å². The first-order valence-corrected chi connectivity index (χ1v) is 12.2. The summed E-state index contributed by atoms with van der Waals surface area (Å²) in [7, 11) is 0. The van der Waals surface area contributed by atoms with Gasteiger partial charge in [0, 0.05) is 74.5 Å². The fraction of sp³-hybridized carbons (Fsp3) is 0.333. The number of pyridine rings is 2. The lowest BCUT2D eigenvalue weighted by Gasteiger charge is -2.35. The van der Waals surface area contributed by atoms with E-state index in [2.05, 4.69) is 16.0 Å². The minimum atomic E-state index is -0.239. The molecule has 36 heavy (non-hydrogen) atoms. The van der Waals surface area contributed by atoms with Crippen LogP contribution in [0.25, 0.3) is 16.6 Å². The zero-order chi connectivity index (χ0) is 24.9. The Kier molecular flexibility index (Phi) is 7.20. The van der Waals surface area contributed by atoms with Gasteiger partial charge >= 0.3 is 0 Å². The number of piperazine rings is 1. The molecule has 2 aromatic heterocycles. The molecule has 0 bridgehead atoms. The van der Waals surface area contributed by atoms with Gasteiger partial charge in [-0.2, -0.15) is 0 Å². The van der Waals surface area contributed by atoms with Crippen LogP contribution < -0.4 is 10.5 Å². The maximum absolute atomic E-state index is 12.6. The van der Waals surface area contributed by atoms with Gasteiger partial charge in [0.15, 0.2) is 0 Å². The molecule has 2 aliphatic heterocycles. The van der Waals surface area contributed by atoms with E-state index in [9.17, 15) is 4.79 Å². The van der Waals surface area contributed by atoms with Crippen molar-refractivity contribution in [1.82, 2.24) is 19.8 Å². The molecule has 1 aromatic carbocycles. The zero-order valence-corrected chi connectivity index (χ0v) is 20.1. The summed E-state index contributed by atoms with van der Waals surface area (Å²) in [6.07, 6.45) is 5.85. The van der Waals surface area contributed by atoms with Crippen molar-refractivity contribution in [2.75, 3.05) is 32.8 Å². The average molecular weight is 487 g/mol. The molecule has 0 radical (unpaired) electrons.